The van der Waals surface area contributed by atoms with Gasteiger partial charge in [0, 0.05) is 35.7 Å². The van der Waals surface area contributed by atoms with Crippen LogP contribution < -0.4 is 10.0 Å². The highest BCUT2D eigenvalue weighted by molar-refractivity contribution is 7.99. The Morgan fingerprint density at radius 3 is 2.36 bits per heavy atom. The molecule has 39 heavy (non-hydrogen) atoms. The fourth-order valence-corrected chi connectivity index (χ4v) is 7.84. The van der Waals surface area contributed by atoms with Crippen molar-refractivity contribution in [2.24, 2.45) is 5.92 Å². The number of nitrogens with zero attached hydrogens (tertiary/aromatic N) is 3. The lowest BCUT2D eigenvalue weighted by Gasteiger charge is -2.25. The minimum atomic E-state index is -3.94. The summed E-state index contributed by atoms with van der Waals surface area (Å²) in [5.74, 6) is 0.719. The molecule has 0 spiro atoms. The molecule has 1 saturated heterocycles. The normalized spacial score (nSPS) is 14.9. The lowest BCUT2D eigenvalue weighted by atomic mass is 10.2. The molecule has 1 aliphatic heterocycles. The molecule has 4 rings (SSSR count). The maximum Gasteiger partial charge on any atom is 0.264 e. The van der Waals surface area contributed by atoms with E-state index < -0.39 is 20.0 Å². The zero-order valence-corrected chi connectivity index (χ0v) is 25.2. The number of piperidine rings is 1. The second-order valence-corrected chi connectivity index (χ2v) is 14.9. The number of aromatic nitrogens is 2. The van der Waals surface area contributed by atoms with E-state index in [1.165, 1.54) is 23.9 Å². The molecule has 1 aromatic heterocycles. The highest BCUT2D eigenvalue weighted by atomic mass is 35.5. The third kappa shape index (κ3) is 7.43. The van der Waals surface area contributed by atoms with Crippen LogP contribution in [0.4, 0.5) is 11.8 Å². The molecule has 3 aromatic rings. The quantitative estimate of drug-likeness (QED) is 0.303. The summed E-state index contributed by atoms with van der Waals surface area (Å²) in [5.41, 5.74) is 0.506. The van der Waals surface area contributed by atoms with Crippen molar-refractivity contribution in [3.05, 3.63) is 59.2 Å². The number of halogens is 1. The van der Waals surface area contributed by atoms with Crippen LogP contribution in [0, 0.1) is 12.8 Å². The fraction of sp³-hybridized carbons (Fsp3) is 0.385. The molecule has 0 amide bonds. The summed E-state index contributed by atoms with van der Waals surface area (Å²) >= 11 is 7.34. The van der Waals surface area contributed by atoms with Gasteiger partial charge in [-0.25, -0.2) is 26.5 Å². The highest BCUT2D eigenvalue weighted by Gasteiger charge is 2.26. The van der Waals surface area contributed by atoms with Crippen molar-refractivity contribution >= 4 is 55.2 Å². The molecule has 2 N–H and O–H groups in total. The Bertz CT molecular complexity index is 1530. The zero-order valence-electron chi connectivity index (χ0n) is 22.0. The first-order chi connectivity index (χ1) is 18.5. The molecule has 0 unspecified atom stereocenters. The van der Waals surface area contributed by atoms with Crippen molar-refractivity contribution in [1.82, 2.24) is 14.3 Å². The number of benzene rings is 2. The first-order valence-electron chi connectivity index (χ1n) is 12.6. The van der Waals surface area contributed by atoms with Gasteiger partial charge in [0.2, 0.25) is 16.0 Å². The van der Waals surface area contributed by atoms with E-state index in [1.54, 1.807) is 47.8 Å². The molecule has 0 atom stereocenters. The van der Waals surface area contributed by atoms with Crippen LogP contribution in [0.3, 0.4) is 0 Å². The molecule has 0 saturated carbocycles. The van der Waals surface area contributed by atoms with Gasteiger partial charge in [-0.05, 0) is 73.7 Å². The van der Waals surface area contributed by atoms with Crippen LogP contribution in [0.5, 0.6) is 0 Å². The Balaban J connectivity index is 1.56. The Kier molecular flexibility index (Phi) is 9.43. The first-order valence-corrected chi connectivity index (χ1v) is 16.8. The Morgan fingerprint density at radius 2 is 1.72 bits per heavy atom. The van der Waals surface area contributed by atoms with Crippen molar-refractivity contribution in [1.29, 1.82) is 0 Å². The lowest BCUT2D eigenvalue weighted by molar-refractivity contribution is 0.346. The average molecular weight is 610 g/mol. The minimum Gasteiger partial charge on any atom is -0.369 e. The van der Waals surface area contributed by atoms with Crippen LogP contribution >= 0.6 is 23.4 Å². The predicted octanol–water partition coefficient (Wildman–Crippen LogP) is 5.63. The van der Waals surface area contributed by atoms with Crippen LogP contribution in [0.25, 0.3) is 0 Å². The number of rotatable bonds is 10. The molecular weight excluding hydrogens is 578 g/mol. The summed E-state index contributed by atoms with van der Waals surface area (Å²) in [4.78, 5) is 10.5. The van der Waals surface area contributed by atoms with Gasteiger partial charge < -0.3 is 5.32 Å². The highest BCUT2D eigenvalue weighted by Crippen LogP contribution is 2.34. The molecule has 1 fully saturated rings. The maximum absolute atomic E-state index is 13.0. The van der Waals surface area contributed by atoms with E-state index in [-0.39, 0.29) is 15.7 Å². The summed E-state index contributed by atoms with van der Waals surface area (Å²) in [7, 11) is -7.45. The molecule has 1 aliphatic rings. The predicted molar refractivity (Wildman–Crippen MR) is 156 cm³/mol. The van der Waals surface area contributed by atoms with Crippen molar-refractivity contribution in [2.75, 3.05) is 29.7 Å². The molecular formula is C26H32ClN5O4S3. The van der Waals surface area contributed by atoms with Crippen LogP contribution in [0.2, 0.25) is 5.02 Å². The smallest absolute Gasteiger partial charge is 0.264 e. The molecule has 2 heterocycles. The van der Waals surface area contributed by atoms with E-state index >= 15 is 0 Å². The van der Waals surface area contributed by atoms with E-state index in [9.17, 15) is 16.8 Å². The van der Waals surface area contributed by atoms with Gasteiger partial charge in [-0.3, -0.25) is 0 Å². The molecule has 9 nitrogen and oxygen atoms in total. The summed E-state index contributed by atoms with van der Waals surface area (Å²) in [6.07, 6.45) is 4.36. The Morgan fingerprint density at radius 1 is 1.03 bits per heavy atom. The van der Waals surface area contributed by atoms with Gasteiger partial charge in [-0.2, -0.15) is 9.29 Å². The number of anilines is 2. The molecule has 2 aromatic carbocycles. The van der Waals surface area contributed by atoms with E-state index in [4.69, 9.17) is 11.6 Å². The van der Waals surface area contributed by atoms with Gasteiger partial charge in [-0.1, -0.05) is 43.6 Å². The molecule has 210 valence electrons. The minimum absolute atomic E-state index is 0.0667. The maximum atomic E-state index is 13.0. The van der Waals surface area contributed by atoms with Gasteiger partial charge in [0.25, 0.3) is 10.0 Å². The second-order valence-electron chi connectivity index (χ2n) is 9.73. The molecule has 0 bridgehead atoms. The largest absolute Gasteiger partial charge is 0.369 e. The van der Waals surface area contributed by atoms with Gasteiger partial charge >= 0.3 is 0 Å². The van der Waals surface area contributed by atoms with Crippen molar-refractivity contribution in [3.63, 3.8) is 0 Å². The SMILES string of the molecule is Cc1cc(Cl)ccc1S(=O)(=O)Nc1ncc(Sc2ccc(S(=O)(=O)N3CCCCC3)cc2)c(NCC(C)C)n1. The second kappa shape index (κ2) is 12.4. The average Bonchev–Trinajstić information content (AvgIpc) is 2.89. The van der Waals surface area contributed by atoms with E-state index in [0.29, 0.717) is 46.9 Å². The molecule has 13 heteroatoms. The number of hydrogen-bond donors (Lipinski definition) is 2. The summed E-state index contributed by atoms with van der Waals surface area (Å²) < 4.78 is 56.0. The Labute approximate surface area is 239 Å². The third-order valence-electron chi connectivity index (χ3n) is 6.09. The van der Waals surface area contributed by atoms with Gasteiger partial charge in [-0.15, -0.1) is 0 Å². The molecule has 0 aliphatic carbocycles. The molecule has 0 radical (unpaired) electrons. The van der Waals surface area contributed by atoms with Crippen LogP contribution in [0.15, 0.2) is 68.2 Å². The Hall–Kier alpha value is -2.38. The van der Waals surface area contributed by atoms with E-state index in [0.717, 1.165) is 24.2 Å². The van der Waals surface area contributed by atoms with Crippen molar-refractivity contribution < 1.29 is 16.8 Å². The lowest BCUT2D eigenvalue weighted by Crippen LogP contribution is -2.35. The first kappa shape index (κ1) is 29.6. The van der Waals surface area contributed by atoms with Crippen LogP contribution in [-0.2, 0) is 20.0 Å². The standard InChI is InChI=1S/C26H32ClN5O4S3/c1-18(2)16-28-25-23(17-29-26(30-25)31-38(33,34)24-12-7-20(27)15-19(24)3)37-21-8-10-22(11-9-21)39(35,36)32-13-5-4-6-14-32/h7-12,15,17-18H,4-6,13-14,16H2,1-3H3,(H2,28,29,30,31). The third-order valence-corrected chi connectivity index (χ3v) is 10.8. The van der Waals surface area contributed by atoms with Crippen molar-refractivity contribution in [2.45, 2.75) is 59.6 Å². The van der Waals surface area contributed by atoms with Crippen LogP contribution in [0.1, 0.15) is 38.7 Å². The number of sulfonamides is 2. The number of aryl methyl sites for hydroxylation is 1. The summed E-state index contributed by atoms with van der Waals surface area (Å²) in [6, 6.07) is 11.3. The zero-order chi connectivity index (χ0) is 28.2. The van der Waals surface area contributed by atoms with Gasteiger partial charge in [0.05, 0.1) is 14.7 Å². The van der Waals surface area contributed by atoms with Gasteiger partial charge in [0.15, 0.2) is 0 Å². The summed E-state index contributed by atoms with van der Waals surface area (Å²) in [6.45, 7) is 7.48. The topological polar surface area (TPSA) is 121 Å². The fourth-order valence-electron chi connectivity index (χ4n) is 4.07. The van der Waals surface area contributed by atoms with Gasteiger partial charge in [0.1, 0.15) is 5.82 Å². The van der Waals surface area contributed by atoms with Crippen LogP contribution in [-0.4, -0.2) is 50.7 Å². The van der Waals surface area contributed by atoms with Crippen molar-refractivity contribution in [3.8, 4) is 0 Å². The summed E-state index contributed by atoms with van der Waals surface area (Å²) in [5, 5.41) is 3.72. The monoisotopic (exact) mass is 609 g/mol. The van der Waals surface area contributed by atoms with E-state index in [2.05, 4.69) is 33.9 Å². The number of nitrogens with one attached hydrogen (secondary N) is 2. The van der Waals surface area contributed by atoms with E-state index in [1.807, 2.05) is 0 Å². The number of hydrogen-bond acceptors (Lipinski definition) is 8.